The van der Waals surface area contributed by atoms with Gasteiger partial charge in [-0.2, -0.15) is 0 Å². The fraction of sp³-hybridized carbons (Fsp3) is 0.636. The van der Waals surface area contributed by atoms with Gasteiger partial charge >= 0.3 is 6.09 Å². The Kier molecular flexibility index (Phi) is 8.96. The number of piperidine rings is 2. The van der Waals surface area contributed by atoms with Crippen LogP contribution in [0.2, 0.25) is 0 Å². The number of nitrogens with two attached hydrogens (primary N) is 1. The fourth-order valence-electron chi connectivity index (χ4n) is 7.66. The molecule has 2 amide bonds. The van der Waals surface area contributed by atoms with Crippen molar-refractivity contribution in [1.29, 1.82) is 0 Å². The lowest BCUT2D eigenvalue weighted by Gasteiger charge is -2.40. The van der Waals surface area contributed by atoms with Crippen molar-refractivity contribution in [3.05, 3.63) is 41.7 Å². The van der Waals surface area contributed by atoms with Crippen molar-refractivity contribution in [1.82, 2.24) is 25.3 Å². The molecule has 6 rings (SSSR count). The molecule has 1 aromatic heterocycles. The van der Waals surface area contributed by atoms with E-state index in [9.17, 15) is 9.59 Å². The Balaban J connectivity index is 1.12. The molecule has 238 valence electrons. The number of hydrazine groups is 1. The van der Waals surface area contributed by atoms with E-state index in [1.54, 1.807) is 6.20 Å². The summed E-state index contributed by atoms with van der Waals surface area (Å²) in [5.41, 5.74) is 10.4. The van der Waals surface area contributed by atoms with Gasteiger partial charge < -0.3 is 25.6 Å². The minimum atomic E-state index is -0.623. The van der Waals surface area contributed by atoms with E-state index in [-0.39, 0.29) is 17.8 Å². The van der Waals surface area contributed by atoms with Crippen LogP contribution in [-0.2, 0) is 4.74 Å². The number of carbonyl (C=O) groups excluding carboxylic acids is 2. The van der Waals surface area contributed by atoms with Crippen molar-refractivity contribution in [3.63, 3.8) is 0 Å². The van der Waals surface area contributed by atoms with Gasteiger partial charge in [0, 0.05) is 36.9 Å². The Morgan fingerprint density at radius 2 is 1.64 bits per heavy atom. The van der Waals surface area contributed by atoms with Crippen LogP contribution in [0.1, 0.15) is 101 Å². The van der Waals surface area contributed by atoms with E-state index in [0.717, 1.165) is 44.1 Å². The molecular formula is C33H48N8O3. The van der Waals surface area contributed by atoms with Crippen molar-refractivity contribution in [2.24, 2.45) is 5.73 Å². The summed E-state index contributed by atoms with van der Waals surface area (Å²) in [7, 11) is 0. The van der Waals surface area contributed by atoms with E-state index < -0.39 is 17.6 Å². The number of hydrogen-bond donors (Lipinski definition) is 3. The second-order valence-electron chi connectivity index (χ2n) is 13.9. The van der Waals surface area contributed by atoms with Gasteiger partial charge in [-0.3, -0.25) is 10.2 Å². The van der Waals surface area contributed by atoms with E-state index in [2.05, 4.69) is 49.8 Å². The van der Waals surface area contributed by atoms with Gasteiger partial charge in [-0.05, 0) is 102 Å². The Bertz CT molecular complexity index is 1320. The third-order valence-corrected chi connectivity index (χ3v) is 9.75. The van der Waals surface area contributed by atoms with Gasteiger partial charge in [0.25, 0.3) is 5.91 Å². The van der Waals surface area contributed by atoms with Crippen LogP contribution in [0.5, 0.6) is 0 Å². The molecule has 0 bridgehead atoms. The second-order valence-corrected chi connectivity index (χ2v) is 13.9. The predicted molar refractivity (Wildman–Crippen MR) is 171 cm³/mol. The summed E-state index contributed by atoms with van der Waals surface area (Å²) in [5, 5.41) is 5.33. The lowest BCUT2D eigenvalue weighted by Crippen LogP contribution is -2.55. The molecule has 4 N–H and O–H groups in total. The first-order valence-corrected chi connectivity index (χ1v) is 16.5. The number of nitrogens with one attached hydrogen (secondary N) is 2. The van der Waals surface area contributed by atoms with Crippen LogP contribution in [0.3, 0.4) is 0 Å². The molecule has 11 heteroatoms. The molecule has 0 unspecified atom stereocenters. The van der Waals surface area contributed by atoms with Crippen LogP contribution in [-0.4, -0.2) is 81.8 Å². The van der Waals surface area contributed by atoms with Gasteiger partial charge in [0.1, 0.15) is 11.4 Å². The summed E-state index contributed by atoms with van der Waals surface area (Å²) in [6.07, 6.45) is 11.9. The largest absolute Gasteiger partial charge is 0.443 e. The van der Waals surface area contributed by atoms with Gasteiger partial charge in [-0.1, -0.05) is 25.0 Å². The molecular weight excluding hydrogens is 556 g/mol. The van der Waals surface area contributed by atoms with Crippen LogP contribution >= 0.6 is 0 Å². The number of amides is 2. The zero-order valence-electron chi connectivity index (χ0n) is 26.4. The Morgan fingerprint density at radius 3 is 2.32 bits per heavy atom. The highest BCUT2D eigenvalue weighted by Crippen LogP contribution is 2.35. The highest BCUT2D eigenvalue weighted by Gasteiger charge is 2.42. The van der Waals surface area contributed by atoms with Gasteiger partial charge in [0.05, 0.1) is 6.20 Å². The Hall–Kier alpha value is -3.44. The fourth-order valence-corrected chi connectivity index (χ4v) is 7.66. The number of ether oxygens (including phenoxy) is 1. The van der Waals surface area contributed by atoms with E-state index >= 15 is 0 Å². The number of benzene rings is 1. The molecule has 4 aliphatic rings. The highest BCUT2D eigenvalue weighted by molar-refractivity contribution is 5.96. The topological polar surface area (TPSA) is 129 Å². The average Bonchev–Trinajstić information content (AvgIpc) is 3.68. The van der Waals surface area contributed by atoms with Crippen LogP contribution in [0.15, 0.2) is 30.5 Å². The molecule has 2 atom stereocenters. The van der Waals surface area contributed by atoms with Gasteiger partial charge in [0.2, 0.25) is 0 Å². The minimum Gasteiger partial charge on any atom is -0.443 e. The molecule has 1 aromatic carbocycles. The molecule has 1 aliphatic carbocycles. The predicted octanol–water partition coefficient (Wildman–Crippen LogP) is 4.92. The number of likely N-dealkylation sites (tertiary alicyclic amines) is 1. The molecule has 3 saturated heterocycles. The summed E-state index contributed by atoms with van der Waals surface area (Å²) in [6.45, 7) is 9.48. The number of aromatic nitrogens is 2. The van der Waals surface area contributed by atoms with Crippen molar-refractivity contribution in [2.75, 3.05) is 36.4 Å². The summed E-state index contributed by atoms with van der Waals surface area (Å²) in [4.78, 5) is 39.1. The van der Waals surface area contributed by atoms with Gasteiger partial charge in [-0.25, -0.2) is 19.8 Å². The monoisotopic (exact) mass is 604 g/mol. The Morgan fingerprint density at radius 1 is 0.909 bits per heavy atom. The highest BCUT2D eigenvalue weighted by atomic mass is 16.6. The van der Waals surface area contributed by atoms with Gasteiger partial charge in [-0.15, -0.1) is 0 Å². The number of fused-ring (bicyclic) bond motifs is 1. The molecule has 3 aliphatic heterocycles. The number of carbonyl (C=O) groups is 2. The van der Waals surface area contributed by atoms with Gasteiger partial charge in [0.15, 0.2) is 11.5 Å². The molecule has 0 radical (unpaired) electrons. The number of anilines is 3. The number of rotatable bonds is 7. The molecule has 4 fully saturated rings. The minimum absolute atomic E-state index is 0.116. The summed E-state index contributed by atoms with van der Waals surface area (Å²) >= 11 is 0. The number of primary amides is 1. The van der Waals surface area contributed by atoms with Crippen molar-refractivity contribution >= 4 is 29.3 Å². The maximum absolute atomic E-state index is 12.5. The van der Waals surface area contributed by atoms with Crippen molar-refractivity contribution < 1.29 is 14.3 Å². The second kappa shape index (κ2) is 12.9. The van der Waals surface area contributed by atoms with Crippen LogP contribution in [0, 0.1) is 0 Å². The summed E-state index contributed by atoms with van der Waals surface area (Å²) in [5.74, 6) is 1.00. The SMILES string of the molecule is CC(C)(C)OC(=O)NN1CC[C@@H]2[C@H]1CCCN2c1cnc(C(N)=O)c(Nc2ccc(C3CCN(C4CCCC4)CC3)cc2)n1. The van der Waals surface area contributed by atoms with Crippen LogP contribution in [0.25, 0.3) is 0 Å². The van der Waals surface area contributed by atoms with Crippen LogP contribution in [0.4, 0.5) is 22.1 Å². The first kappa shape index (κ1) is 30.6. The first-order chi connectivity index (χ1) is 21.1. The summed E-state index contributed by atoms with van der Waals surface area (Å²) in [6, 6.07) is 9.59. The van der Waals surface area contributed by atoms with E-state index in [1.165, 1.54) is 57.2 Å². The maximum Gasteiger partial charge on any atom is 0.422 e. The van der Waals surface area contributed by atoms with E-state index in [0.29, 0.717) is 17.6 Å². The van der Waals surface area contributed by atoms with Crippen molar-refractivity contribution in [3.8, 4) is 0 Å². The molecule has 11 nitrogen and oxygen atoms in total. The van der Waals surface area contributed by atoms with Crippen molar-refractivity contribution in [2.45, 2.75) is 108 Å². The zero-order valence-corrected chi connectivity index (χ0v) is 26.4. The number of hydrogen-bond acceptors (Lipinski definition) is 9. The molecule has 1 saturated carbocycles. The van der Waals surface area contributed by atoms with Crippen LogP contribution < -0.4 is 21.4 Å². The zero-order chi connectivity index (χ0) is 30.8. The standard InChI is InChI=1S/C33H48N8O3/c1-33(2,3)44-32(43)38-41-20-16-26-27(41)9-6-17-40(26)28-21-35-29(30(34)42)31(37-28)36-24-12-10-22(11-13-24)23-14-18-39(19-15-23)25-7-4-5-8-25/h10-13,21,23,25-27H,4-9,14-20H2,1-3H3,(H2,34,42)(H,36,37)(H,38,43)/t26-,27-/m1/s1. The quantitative estimate of drug-likeness (QED) is 0.403. The van der Waals surface area contributed by atoms with E-state index in [1.807, 2.05) is 25.8 Å². The smallest absolute Gasteiger partial charge is 0.422 e. The first-order valence-electron chi connectivity index (χ1n) is 16.5. The maximum atomic E-state index is 12.5. The molecule has 44 heavy (non-hydrogen) atoms. The third kappa shape index (κ3) is 6.94. The average molecular weight is 605 g/mol. The lowest BCUT2D eigenvalue weighted by atomic mass is 9.88. The summed E-state index contributed by atoms with van der Waals surface area (Å²) < 4.78 is 5.48. The molecule has 4 heterocycles. The lowest BCUT2D eigenvalue weighted by molar-refractivity contribution is 0.0286. The third-order valence-electron chi connectivity index (χ3n) is 9.75. The number of nitrogens with zero attached hydrogens (tertiary/aromatic N) is 5. The normalized spacial score (nSPS) is 23.8. The van der Waals surface area contributed by atoms with E-state index in [4.69, 9.17) is 15.5 Å². The molecule has 0 spiro atoms. The molecule has 2 aromatic rings. The Labute approximate surface area is 260 Å².